The summed E-state index contributed by atoms with van der Waals surface area (Å²) in [6.07, 6.45) is 0.975. The number of methoxy groups -OCH3 is 1. The van der Waals surface area contributed by atoms with Crippen LogP contribution in [-0.4, -0.2) is 73.7 Å². The van der Waals surface area contributed by atoms with Crippen LogP contribution in [0.4, 0.5) is 10.6 Å². The maximum Gasteiger partial charge on any atom is 0.328 e. The minimum absolute atomic E-state index is 0.0167. The first kappa shape index (κ1) is 28.9. The number of fused-ring (bicyclic) bond motifs is 2. The van der Waals surface area contributed by atoms with Crippen molar-refractivity contribution in [3.8, 4) is 5.75 Å². The number of ether oxygens (including phenoxy) is 2. The molecule has 1 atom stereocenters. The lowest BCUT2D eigenvalue weighted by molar-refractivity contribution is -0.158. The highest BCUT2D eigenvalue weighted by Crippen LogP contribution is 2.37. The number of carbonyl (C=O) groups excluding carboxylic acids is 4. The van der Waals surface area contributed by atoms with Crippen molar-refractivity contribution in [1.82, 2.24) is 20.1 Å². The summed E-state index contributed by atoms with van der Waals surface area (Å²) in [5, 5.41) is 2.65. The summed E-state index contributed by atoms with van der Waals surface area (Å²) in [6.45, 7) is 4.05. The number of rotatable bonds is 8. The molecule has 2 aliphatic rings. The zero-order valence-electron chi connectivity index (χ0n) is 23.5. The molecule has 0 radical (unpaired) electrons. The molecule has 222 valence electrons. The molecule has 1 aromatic carbocycles. The number of aromatic nitrogens is 1. The monoisotopic (exact) mass is 599 g/mol. The molecule has 4 amide bonds. The fourth-order valence-electron chi connectivity index (χ4n) is 4.70. The number of nitrogens with zero attached hydrogens (tertiary/aromatic N) is 3. The Bertz CT molecular complexity index is 1740. The molecule has 2 N–H and O–H groups in total. The standard InChI is InChI=1S/C27H29N5O9S/c1-26(2,3)24(35)40-14-32-23(34)27(29-25(32)36,13-31-12-15-6-7-16(39-4)10-17(15)22(31)33)20-11-18-19(41-20)8-9-21(28-18)30-42(5,37)38/h6-11H,12-14H2,1-5H3,(H,28,30)(H,29,36)/t27-/m0/s1. The Morgan fingerprint density at radius 1 is 1.17 bits per heavy atom. The predicted molar refractivity (Wildman–Crippen MR) is 148 cm³/mol. The summed E-state index contributed by atoms with van der Waals surface area (Å²) < 4.78 is 42.1. The first-order chi connectivity index (χ1) is 19.6. The Labute approximate surface area is 241 Å². The molecule has 2 aromatic heterocycles. The molecule has 14 nitrogen and oxygen atoms in total. The van der Waals surface area contributed by atoms with Crippen molar-refractivity contribution in [2.45, 2.75) is 32.9 Å². The van der Waals surface area contributed by atoms with Crippen molar-refractivity contribution < 1.29 is 41.5 Å². The Hall–Kier alpha value is -4.66. The van der Waals surface area contributed by atoms with Gasteiger partial charge in [0, 0.05) is 18.2 Å². The number of amides is 4. The molecule has 0 spiro atoms. The topological polar surface area (TPSA) is 177 Å². The number of furan rings is 1. The first-order valence-corrected chi connectivity index (χ1v) is 14.7. The third-order valence-corrected chi connectivity index (χ3v) is 7.40. The zero-order valence-corrected chi connectivity index (χ0v) is 24.3. The van der Waals surface area contributed by atoms with Gasteiger partial charge >= 0.3 is 12.0 Å². The van der Waals surface area contributed by atoms with Gasteiger partial charge < -0.3 is 24.1 Å². The lowest BCUT2D eigenvalue weighted by Gasteiger charge is -2.29. The highest BCUT2D eigenvalue weighted by atomic mass is 32.2. The largest absolute Gasteiger partial charge is 0.497 e. The van der Waals surface area contributed by atoms with Crippen LogP contribution < -0.4 is 14.8 Å². The number of carbonyl (C=O) groups is 4. The molecule has 0 aliphatic carbocycles. The van der Waals surface area contributed by atoms with Crippen LogP contribution >= 0.6 is 0 Å². The molecular formula is C27H29N5O9S. The van der Waals surface area contributed by atoms with Crippen LogP contribution in [0.25, 0.3) is 11.1 Å². The quantitative estimate of drug-likeness (QED) is 0.288. The van der Waals surface area contributed by atoms with Crippen molar-refractivity contribution in [2.24, 2.45) is 5.41 Å². The van der Waals surface area contributed by atoms with Crippen molar-refractivity contribution in [3.63, 3.8) is 0 Å². The molecule has 0 saturated carbocycles. The van der Waals surface area contributed by atoms with Crippen LogP contribution in [0, 0.1) is 5.41 Å². The van der Waals surface area contributed by atoms with Gasteiger partial charge in [-0.15, -0.1) is 0 Å². The van der Waals surface area contributed by atoms with E-state index in [4.69, 9.17) is 13.9 Å². The molecule has 0 unspecified atom stereocenters. The number of esters is 1. The van der Waals surface area contributed by atoms with Crippen molar-refractivity contribution >= 4 is 50.8 Å². The highest BCUT2D eigenvalue weighted by Gasteiger charge is 2.57. The minimum atomic E-state index is -3.62. The number of sulfonamides is 1. The van der Waals surface area contributed by atoms with Gasteiger partial charge in [0.2, 0.25) is 10.0 Å². The van der Waals surface area contributed by atoms with Crippen LogP contribution in [0.5, 0.6) is 5.75 Å². The van der Waals surface area contributed by atoms with Crippen molar-refractivity contribution in [3.05, 3.63) is 53.3 Å². The van der Waals surface area contributed by atoms with Crippen molar-refractivity contribution in [2.75, 3.05) is 31.4 Å². The van der Waals surface area contributed by atoms with Crippen LogP contribution in [-0.2, 0) is 36.4 Å². The number of hydrogen-bond acceptors (Lipinski definition) is 10. The minimum Gasteiger partial charge on any atom is -0.497 e. The average molecular weight is 600 g/mol. The molecule has 1 saturated heterocycles. The van der Waals surface area contributed by atoms with E-state index in [1.807, 2.05) is 0 Å². The third kappa shape index (κ3) is 5.22. The number of benzene rings is 1. The first-order valence-electron chi connectivity index (χ1n) is 12.8. The molecule has 5 rings (SSSR count). The molecule has 4 heterocycles. The Morgan fingerprint density at radius 3 is 2.57 bits per heavy atom. The van der Waals surface area contributed by atoms with E-state index in [-0.39, 0.29) is 35.8 Å². The van der Waals surface area contributed by atoms with Gasteiger partial charge in [-0.3, -0.25) is 19.1 Å². The smallest absolute Gasteiger partial charge is 0.328 e. The number of hydrogen-bond donors (Lipinski definition) is 2. The predicted octanol–water partition coefficient (Wildman–Crippen LogP) is 2.16. The van der Waals surface area contributed by atoms with Crippen LogP contribution in [0.2, 0.25) is 0 Å². The van der Waals surface area contributed by atoms with Gasteiger partial charge in [0.1, 0.15) is 22.8 Å². The Balaban J connectivity index is 1.53. The second kappa shape index (κ2) is 10.0. The second-order valence-corrected chi connectivity index (χ2v) is 12.9. The normalized spacial score (nSPS) is 18.8. The van der Waals surface area contributed by atoms with E-state index >= 15 is 0 Å². The molecule has 3 aromatic rings. The van der Waals surface area contributed by atoms with Gasteiger partial charge in [-0.2, -0.15) is 0 Å². The Kier molecular flexibility index (Phi) is 6.88. The van der Waals surface area contributed by atoms with Gasteiger partial charge in [-0.05, 0) is 50.6 Å². The fraction of sp³-hybridized carbons (Fsp3) is 0.370. The number of nitrogens with one attached hydrogen (secondary N) is 2. The number of urea groups is 1. The summed E-state index contributed by atoms with van der Waals surface area (Å²) in [5.41, 5.74) is -1.32. The molecular weight excluding hydrogens is 570 g/mol. The summed E-state index contributed by atoms with van der Waals surface area (Å²) in [6, 6.07) is 8.42. The SMILES string of the molecule is COc1ccc2c(c1)C(=O)N(C[C@@]1(c3cc4nc(NS(C)(=O)=O)ccc4o3)NC(=O)N(COC(=O)C(C)(C)C)C1=O)C2. The Morgan fingerprint density at radius 2 is 1.90 bits per heavy atom. The van der Waals surface area contributed by atoms with E-state index in [1.165, 1.54) is 30.2 Å². The van der Waals surface area contributed by atoms with Gasteiger partial charge in [0.25, 0.3) is 11.8 Å². The summed E-state index contributed by atoms with van der Waals surface area (Å²) in [7, 11) is -2.14. The lowest BCUT2D eigenvalue weighted by atomic mass is 9.95. The van der Waals surface area contributed by atoms with E-state index < -0.39 is 51.5 Å². The van der Waals surface area contributed by atoms with E-state index in [0.717, 1.165) is 11.2 Å². The third-order valence-electron chi connectivity index (χ3n) is 6.82. The second-order valence-electron chi connectivity index (χ2n) is 11.1. The zero-order chi connectivity index (χ0) is 30.6. The van der Waals surface area contributed by atoms with E-state index in [2.05, 4.69) is 15.0 Å². The number of imide groups is 1. The van der Waals surface area contributed by atoms with E-state index in [0.29, 0.717) is 16.9 Å². The maximum atomic E-state index is 14.0. The summed E-state index contributed by atoms with van der Waals surface area (Å²) in [4.78, 5) is 59.4. The van der Waals surface area contributed by atoms with Gasteiger partial charge in [0.05, 0.1) is 25.3 Å². The van der Waals surface area contributed by atoms with E-state index in [1.54, 1.807) is 39.0 Å². The van der Waals surface area contributed by atoms with Crippen LogP contribution in [0.15, 0.2) is 40.8 Å². The van der Waals surface area contributed by atoms with Gasteiger partial charge in [-0.25, -0.2) is 23.1 Å². The van der Waals surface area contributed by atoms with Crippen LogP contribution in [0.3, 0.4) is 0 Å². The molecule has 1 fully saturated rings. The van der Waals surface area contributed by atoms with E-state index in [9.17, 15) is 27.6 Å². The highest BCUT2D eigenvalue weighted by molar-refractivity contribution is 7.92. The maximum absolute atomic E-state index is 14.0. The lowest BCUT2D eigenvalue weighted by Crippen LogP contribution is -2.52. The average Bonchev–Trinajstić information content (AvgIpc) is 3.53. The summed E-state index contributed by atoms with van der Waals surface area (Å²) in [5.74, 6) is -1.38. The molecule has 0 bridgehead atoms. The molecule has 2 aliphatic heterocycles. The summed E-state index contributed by atoms with van der Waals surface area (Å²) >= 11 is 0. The van der Waals surface area contributed by atoms with Gasteiger partial charge in [0.15, 0.2) is 17.9 Å². The number of anilines is 1. The fourth-order valence-corrected chi connectivity index (χ4v) is 5.19. The molecule has 42 heavy (non-hydrogen) atoms. The number of pyridine rings is 1. The van der Waals surface area contributed by atoms with Crippen LogP contribution in [0.1, 0.15) is 42.5 Å². The van der Waals surface area contributed by atoms with Gasteiger partial charge in [-0.1, -0.05) is 6.07 Å². The van der Waals surface area contributed by atoms with Crippen molar-refractivity contribution in [1.29, 1.82) is 0 Å². The molecule has 15 heteroatoms.